The van der Waals surface area contributed by atoms with Gasteiger partial charge >= 0.3 is 0 Å². The van der Waals surface area contributed by atoms with Crippen LogP contribution < -0.4 is 16.2 Å². The third kappa shape index (κ3) is 1.87. The topological polar surface area (TPSA) is 61.3 Å². The molecule has 0 aromatic heterocycles. The van der Waals surface area contributed by atoms with E-state index in [0.717, 1.165) is 17.6 Å². The first-order chi connectivity index (χ1) is 9.45. The minimum Gasteiger partial charge on any atom is -0.487 e. The molecular weight excluding hydrogens is 248 g/mol. The minimum absolute atomic E-state index is 0.0569. The number of hydrogen-bond acceptors (Lipinski definition) is 3. The fourth-order valence-electron chi connectivity index (χ4n) is 5.61. The lowest BCUT2D eigenvalue weighted by molar-refractivity contribution is -0.143. The Bertz CT molecular complexity index is 540. The van der Waals surface area contributed by atoms with Crippen LogP contribution in [0.15, 0.2) is 18.2 Å². The van der Waals surface area contributed by atoms with E-state index in [2.05, 4.69) is 6.92 Å². The highest BCUT2D eigenvalue weighted by atomic mass is 16.5. The Balaban J connectivity index is 1.63. The predicted molar refractivity (Wildman–Crippen MR) is 81.4 cm³/mol. The minimum atomic E-state index is 0.0569. The van der Waals surface area contributed by atoms with Crippen LogP contribution in [0.3, 0.4) is 0 Å². The summed E-state index contributed by atoms with van der Waals surface area (Å²) < 4.78 is 6.48. The maximum absolute atomic E-state index is 6.48. The highest BCUT2D eigenvalue weighted by Gasteiger charge is 2.57. The summed E-state index contributed by atoms with van der Waals surface area (Å²) in [4.78, 5) is 0. The molecule has 0 aliphatic heterocycles. The number of ether oxygens (including phenoxy) is 1. The average Bonchev–Trinajstić information content (AvgIpc) is 2.30. The van der Waals surface area contributed by atoms with Crippen molar-refractivity contribution >= 4 is 11.4 Å². The van der Waals surface area contributed by atoms with Crippen molar-refractivity contribution in [2.45, 2.75) is 51.0 Å². The van der Waals surface area contributed by atoms with Crippen LogP contribution in [0.2, 0.25) is 0 Å². The summed E-state index contributed by atoms with van der Waals surface area (Å²) in [6.07, 6.45) is 7.88. The van der Waals surface area contributed by atoms with Gasteiger partial charge in [0.2, 0.25) is 0 Å². The smallest absolute Gasteiger partial charge is 0.122 e. The van der Waals surface area contributed by atoms with Gasteiger partial charge in [-0.2, -0.15) is 0 Å². The molecule has 4 N–H and O–H groups in total. The summed E-state index contributed by atoms with van der Waals surface area (Å²) >= 11 is 0. The Labute approximate surface area is 120 Å². The molecule has 2 unspecified atom stereocenters. The number of rotatable bonds is 2. The molecule has 0 radical (unpaired) electrons. The van der Waals surface area contributed by atoms with E-state index < -0.39 is 0 Å². The zero-order valence-electron chi connectivity index (χ0n) is 12.2. The molecule has 1 aromatic carbocycles. The van der Waals surface area contributed by atoms with Crippen LogP contribution in [-0.2, 0) is 0 Å². The van der Waals surface area contributed by atoms with Crippen molar-refractivity contribution < 1.29 is 4.74 Å². The van der Waals surface area contributed by atoms with Gasteiger partial charge in [0.1, 0.15) is 11.4 Å². The van der Waals surface area contributed by atoms with Crippen LogP contribution in [0.5, 0.6) is 5.75 Å². The fourth-order valence-corrected chi connectivity index (χ4v) is 5.61. The van der Waals surface area contributed by atoms with E-state index in [9.17, 15) is 0 Å². The molecule has 0 saturated heterocycles. The molecule has 4 fully saturated rings. The molecule has 0 spiro atoms. The maximum Gasteiger partial charge on any atom is 0.122 e. The van der Waals surface area contributed by atoms with Gasteiger partial charge in [-0.15, -0.1) is 0 Å². The molecule has 4 aliphatic carbocycles. The van der Waals surface area contributed by atoms with Gasteiger partial charge in [-0.25, -0.2) is 0 Å². The van der Waals surface area contributed by atoms with E-state index in [1.54, 1.807) is 0 Å². The van der Waals surface area contributed by atoms with Crippen molar-refractivity contribution in [2.24, 2.45) is 17.3 Å². The summed E-state index contributed by atoms with van der Waals surface area (Å²) in [5.41, 5.74) is 13.5. The quantitative estimate of drug-likeness (QED) is 0.809. The largest absolute Gasteiger partial charge is 0.487 e. The third-order valence-electron chi connectivity index (χ3n) is 5.69. The lowest BCUT2D eigenvalue weighted by Crippen LogP contribution is -2.57. The van der Waals surface area contributed by atoms with Crippen LogP contribution in [0, 0.1) is 17.3 Å². The van der Waals surface area contributed by atoms with E-state index in [0.29, 0.717) is 16.8 Å². The van der Waals surface area contributed by atoms with E-state index in [1.807, 2.05) is 18.2 Å². The molecule has 2 atom stereocenters. The summed E-state index contributed by atoms with van der Waals surface area (Å²) in [5, 5.41) is 0. The molecule has 1 aromatic rings. The molecule has 4 aliphatic rings. The number of hydrogen-bond donors (Lipinski definition) is 2. The average molecular weight is 272 g/mol. The van der Waals surface area contributed by atoms with Crippen LogP contribution in [0.1, 0.15) is 45.4 Å². The van der Waals surface area contributed by atoms with Gasteiger partial charge in [0, 0.05) is 6.07 Å². The van der Waals surface area contributed by atoms with Crippen LogP contribution in [0.4, 0.5) is 11.4 Å². The van der Waals surface area contributed by atoms with E-state index in [4.69, 9.17) is 16.2 Å². The lowest BCUT2D eigenvalue weighted by atomic mass is 9.48. The monoisotopic (exact) mass is 272 g/mol. The maximum atomic E-state index is 6.48. The standard InChI is InChI=1S/C17H24N2O/c1-16-6-11-4-12(7-16)9-17(8-11,10-16)20-13-2-3-14(18)15(19)5-13/h2-3,5,11-12H,4,6-10,18-19H2,1H3. The molecule has 0 amide bonds. The Kier molecular flexibility index (Phi) is 2.37. The molecule has 5 rings (SSSR count). The predicted octanol–water partition coefficient (Wildman–Crippen LogP) is 3.59. The second kappa shape index (κ2) is 3.84. The highest BCUT2D eigenvalue weighted by molar-refractivity contribution is 5.65. The van der Waals surface area contributed by atoms with Crippen LogP contribution >= 0.6 is 0 Å². The summed E-state index contributed by atoms with van der Waals surface area (Å²) in [7, 11) is 0. The molecule has 108 valence electrons. The van der Waals surface area contributed by atoms with Gasteiger partial charge in [-0.05, 0) is 67.9 Å². The zero-order valence-corrected chi connectivity index (χ0v) is 12.2. The Hall–Kier alpha value is -1.38. The SMILES string of the molecule is CC12CC3CC(C1)CC(Oc1ccc(N)c(N)c1)(C3)C2. The van der Waals surface area contributed by atoms with Gasteiger partial charge < -0.3 is 16.2 Å². The first-order valence-electron chi connectivity index (χ1n) is 7.79. The zero-order chi connectivity index (χ0) is 14.0. The molecule has 4 bridgehead atoms. The normalized spacial score (nSPS) is 41.9. The molecule has 4 saturated carbocycles. The van der Waals surface area contributed by atoms with E-state index in [1.165, 1.54) is 38.5 Å². The molecular formula is C17H24N2O. The van der Waals surface area contributed by atoms with Crippen molar-refractivity contribution in [3.63, 3.8) is 0 Å². The van der Waals surface area contributed by atoms with E-state index >= 15 is 0 Å². The lowest BCUT2D eigenvalue weighted by Gasteiger charge is -2.60. The van der Waals surface area contributed by atoms with Gasteiger partial charge in [-0.3, -0.25) is 0 Å². The van der Waals surface area contributed by atoms with Crippen molar-refractivity contribution in [3.05, 3.63) is 18.2 Å². The van der Waals surface area contributed by atoms with Crippen molar-refractivity contribution in [3.8, 4) is 5.75 Å². The fraction of sp³-hybridized carbons (Fsp3) is 0.647. The summed E-state index contributed by atoms with van der Waals surface area (Å²) in [5.74, 6) is 2.63. The summed E-state index contributed by atoms with van der Waals surface area (Å²) in [6.45, 7) is 2.46. The second-order valence-corrected chi connectivity index (χ2v) is 7.85. The van der Waals surface area contributed by atoms with Crippen LogP contribution in [0.25, 0.3) is 0 Å². The first-order valence-corrected chi connectivity index (χ1v) is 7.79. The Morgan fingerprint density at radius 2 is 1.75 bits per heavy atom. The Morgan fingerprint density at radius 1 is 1.05 bits per heavy atom. The molecule has 3 nitrogen and oxygen atoms in total. The molecule has 3 heteroatoms. The Morgan fingerprint density at radius 3 is 2.35 bits per heavy atom. The molecule has 0 heterocycles. The third-order valence-corrected chi connectivity index (χ3v) is 5.69. The number of benzene rings is 1. The number of nitrogens with two attached hydrogens (primary N) is 2. The van der Waals surface area contributed by atoms with Gasteiger partial charge in [0.15, 0.2) is 0 Å². The highest BCUT2D eigenvalue weighted by Crippen LogP contribution is 2.62. The van der Waals surface area contributed by atoms with Crippen molar-refractivity contribution in [2.75, 3.05) is 11.5 Å². The van der Waals surface area contributed by atoms with E-state index in [-0.39, 0.29) is 5.60 Å². The molecule has 20 heavy (non-hydrogen) atoms. The van der Waals surface area contributed by atoms with Crippen molar-refractivity contribution in [1.29, 1.82) is 0 Å². The number of anilines is 2. The first kappa shape index (κ1) is 12.4. The van der Waals surface area contributed by atoms with Crippen molar-refractivity contribution in [1.82, 2.24) is 0 Å². The number of nitrogen functional groups attached to an aromatic ring is 2. The summed E-state index contributed by atoms with van der Waals surface area (Å²) in [6, 6.07) is 5.70. The van der Waals surface area contributed by atoms with Gasteiger partial charge in [0.05, 0.1) is 11.4 Å². The van der Waals surface area contributed by atoms with Crippen LogP contribution in [-0.4, -0.2) is 5.60 Å². The van der Waals surface area contributed by atoms with Gasteiger partial charge in [0.25, 0.3) is 0 Å². The second-order valence-electron chi connectivity index (χ2n) is 7.85. The van der Waals surface area contributed by atoms with Gasteiger partial charge in [-0.1, -0.05) is 6.92 Å².